The summed E-state index contributed by atoms with van der Waals surface area (Å²) in [4.78, 5) is 19.4. The van der Waals surface area contributed by atoms with E-state index in [1.165, 1.54) is 0 Å². The van der Waals surface area contributed by atoms with Crippen LogP contribution in [0.4, 0.5) is 5.82 Å². The van der Waals surface area contributed by atoms with Crippen LogP contribution in [0.5, 0.6) is 0 Å². The number of nitrogen functional groups attached to an aromatic ring is 1. The van der Waals surface area contributed by atoms with Crippen molar-refractivity contribution < 1.29 is 9.21 Å². The third-order valence-corrected chi connectivity index (χ3v) is 4.02. The van der Waals surface area contributed by atoms with E-state index in [4.69, 9.17) is 10.2 Å². The summed E-state index contributed by atoms with van der Waals surface area (Å²) >= 11 is 0. The zero-order chi connectivity index (χ0) is 18.6. The Kier molecular flexibility index (Phi) is 4.40. The first-order chi connectivity index (χ1) is 13.2. The molecule has 132 valence electrons. The van der Waals surface area contributed by atoms with Gasteiger partial charge in [0.05, 0.1) is 11.9 Å². The van der Waals surface area contributed by atoms with Crippen molar-refractivity contribution in [2.24, 2.45) is 0 Å². The maximum absolute atomic E-state index is 10.6. The Morgan fingerprint density at radius 1 is 0.926 bits per heavy atom. The summed E-state index contributed by atoms with van der Waals surface area (Å²) in [5, 5.41) is 8.12. The van der Waals surface area contributed by atoms with Crippen molar-refractivity contribution in [1.29, 1.82) is 0 Å². The van der Waals surface area contributed by atoms with Gasteiger partial charge in [-0.25, -0.2) is 9.97 Å². The van der Waals surface area contributed by atoms with Crippen LogP contribution < -0.4 is 5.73 Å². The molecular weight excluding hydrogens is 342 g/mol. The fourth-order valence-electron chi connectivity index (χ4n) is 2.62. The first-order valence-electron chi connectivity index (χ1n) is 8.29. The Bertz CT molecular complexity index is 1080. The fourth-order valence-corrected chi connectivity index (χ4v) is 2.62. The zero-order valence-corrected chi connectivity index (χ0v) is 14.2. The normalized spacial score (nSPS) is 10.7. The maximum Gasteiger partial charge on any atom is 0.270 e. The standard InChI is InChI=1S/C20H15N5O2/c21-18-17(20-25-24-19(27-20)15-4-2-1-3-5-15)23-16(12-22-18)14-8-6-13(7-9-14)10-11-26/h1-9,11-12H,10H2,(H2,21,22). The summed E-state index contributed by atoms with van der Waals surface area (Å²) in [7, 11) is 0. The number of rotatable bonds is 5. The predicted octanol–water partition coefficient (Wildman–Crippen LogP) is 3.18. The smallest absolute Gasteiger partial charge is 0.270 e. The van der Waals surface area contributed by atoms with Gasteiger partial charge in [0.25, 0.3) is 5.89 Å². The number of aldehydes is 1. The first-order valence-corrected chi connectivity index (χ1v) is 8.29. The van der Waals surface area contributed by atoms with E-state index in [1.807, 2.05) is 54.6 Å². The van der Waals surface area contributed by atoms with E-state index in [2.05, 4.69) is 20.2 Å². The zero-order valence-electron chi connectivity index (χ0n) is 14.2. The van der Waals surface area contributed by atoms with Gasteiger partial charge in [0.15, 0.2) is 11.5 Å². The third kappa shape index (κ3) is 3.43. The molecule has 0 saturated heterocycles. The molecule has 0 aliphatic rings. The molecule has 27 heavy (non-hydrogen) atoms. The van der Waals surface area contributed by atoms with E-state index < -0.39 is 0 Å². The van der Waals surface area contributed by atoms with Crippen LogP contribution in [-0.2, 0) is 11.2 Å². The van der Waals surface area contributed by atoms with Crippen LogP contribution in [-0.4, -0.2) is 26.5 Å². The molecule has 7 heteroatoms. The number of nitrogens with two attached hydrogens (primary N) is 1. The molecule has 0 atom stereocenters. The van der Waals surface area contributed by atoms with Crippen molar-refractivity contribution in [2.45, 2.75) is 6.42 Å². The molecule has 2 aromatic heterocycles. The van der Waals surface area contributed by atoms with Crippen molar-refractivity contribution in [3.8, 4) is 34.3 Å². The Morgan fingerprint density at radius 3 is 2.41 bits per heavy atom. The molecule has 2 heterocycles. The van der Waals surface area contributed by atoms with E-state index in [-0.39, 0.29) is 11.7 Å². The molecule has 0 aliphatic heterocycles. The molecule has 4 aromatic rings. The molecule has 0 amide bonds. The van der Waals surface area contributed by atoms with Crippen LogP contribution in [0.25, 0.3) is 34.3 Å². The van der Waals surface area contributed by atoms with E-state index in [1.54, 1.807) is 6.20 Å². The summed E-state index contributed by atoms with van der Waals surface area (Å²) < 4.78 is 5.73. The van der Waals surface area contributed by atoms with Gasteiger partial charge in [-0.05, 0) is 17.7 Å². The van der Waals surface area contributed by atoms with Gasteiger partial charge in [-0.1, -0.05) is 42.5 Å². The van der Waals surface area contributed by atoms with E-state index in [0.717, 1.165) is 23.0 Å². The first kappa shape index (κ1) is 16.6. The van der Waals surface area contributed by atoms with Crippen LogP contribution in [0.3, 0.4) is 0 Å². The number of aromatic nitrogens is 4. The second kappa shape index (κ2) is 7.17. The average Bonchev–Trinajstić information content (AvgIpc) is 3.20. The lowest BCUT2D eigenvalue weighted by Gasteiger charge is -2.05. The fraction of sp³-hybridized carbons (Fsp3) is 0.0500. The van der Waals surface area contributed by atoms with Crippen molar-refractivity contribution >= 4 is 12.1 Å². The molecule has 0 spiro atoms. The highest BCUT2D eigenvalue weighted by molar-refractivity contribution is 5.69. The molecule has 0 bridgehead atoms. The Morgan fingerprint density at radius 2 is 1.67 bits per heavy atom. The molecule has 2 aromatic carbocycles. The highest BCUT2D eigenvalue weighted by atomic mass is 16.4. The third-order valence-electron chi connectivity index (χ3n) is 4.02. The van der Waals surface area contributed by atoms with Crippen LogP contribution >= 0.6 is 0 Å². The van der Waals surface area contributed by atoms with E-state index in [0.29, 0.717) is 23.7 Å². The molecule has 0 saturated carbocycles. The molecular formula is C20H15N5O2. The highest BCUT2D eigenvalue weighted by Gasteiger charge is 2.16. The number of nitrogens with zero attached hydrogens (tertiary/aromatic N) is 4. The van der Waals surface area contributed by atoms with Gasteiger partial charge >= 0.3 is 0 Å². The van der Waals surface area contributed by atoms with E-state index in [9.17, 15) is 4.79 Å². The number of carbonyl (C=O) groups is 1. The maximum atomic E-state index is 10.6. The van der Waals surface area contributed by atoms with Crippen molar-refractivity contribution in [2.75, 3.05) is 5.73 Å². The van der Waals surface area contributed by atoms with Crippen LogP contribution in [0.2, 0.25) is 0 Å². The minimum atomic E-state index is 0.207. The number of anilines is 1. The summed E-state index contributed by atoms with van der Waals surface area (Å²) in [6.07, 6.45) is 2.83. The van der Waals surface area contributed by atoms with Crippen molar-refractivity contribution in [3.63, 3.8) is 0 Å². The second-order valence-corrected chi connectivity index (χ2v) is 5.84. The highest BCUT2D eigenvalue weighted by Crippen LogP contribution is 2.27. The number of hydrogen-bond acceptors (Lipinski definition) is 7. The summed E-state index contributed by atoms with van der Waals surface area (Å²) in [6, 6.07) is 17.0. The van der Waals surface area contributed by atoms with E-state index >= 15 is 0 Å². The number of hydrogen-bond donors (Lipinski definition) is 1. The van der Waals surface area contributed by atoms with Gasteiger partial charge in [0, 0.05) is 17.5 Å². The minimum absolute atomic E-state index is 0.207. The number of carbonyl (C=O) groups excluding carboxylic acids is 1. The van der Waals surface area contributed by atoms with Gasteiger partial charge in [-0.3, -0.25) is 0 Å². The number of benzene rings is 2. The molecule has 4 rings (SSSR count). The largest absolute Gasteiger partial charge is 0.414 e. The Hall–Kier alpha value is -3.87. The van der Waals surface area contributed by atoms with Crippen LogP contribution in [0.15, 0.2) is 65.2 Å². The topological polar surface area (TPSA) is 108 Å². The summed E-state index contributed by atoms with van der Waals surface area (Å²) in [6.45, 7) is 0. The van der Waals surface area contributed by atoms with Gasteiger partial charge in [-0.2, -0.15) is 0 Å². The summed E-state index contributed by atoms with van der Waals surface area (Å²) in [5.41, 5.74) is 9.52. The predicted molar refractivity (Wildman–Crippen MR) is 100 cm³/mol. The van der Waals surface area contributed by atoms with Crippen LogP contribution in [0.1, 0.15) is 5.56 Å². The van der Waals surface area contributed by atoms with Crippen LogP contribution in [0, 0.1) is 0 Å². The van der Waals surface area contributed by atoms with Crippen molar-refractivity contribution in [3.05, 3.63) is 66.4 Å². The molecule has 0 fully saturated rings. The monoisotopic (exact) mass is 357 g/mol. The Labute approximate surface area is 154 Å². The van der Waals surface area contributed by atoms with Gasteiger partial charge < -0.3 is 14.9 Å². The van der Waals surface area contributed by atoms with Gasteiger partial charge in [-0.15, -0.1) is 10.2 Å². The Balaban J connectivity index is 1.69. The average molecular weight is 357 g/mol. The molecule has 0 unspecified atom stereocenters. The molecule has 0 radical (unpaired) electrons. The minimum Gasteiger partial charge on any atom is -0.414 e. The quantitative estimate of drug-likeness (QED) is 0.546. The molecule has 7 nitrogen and oxygen atoms in total. The lowest BCUT2D eigenvalue weighted by atomic mass is 10.1. The SMILES string of the molecule is Nc1ncc(-c2ccc(CC=O)cc2)nc1-c1nnc(-c2ccccc2)o1. The molecule has 0 aliphatic carbocycles. The molecule has 2 N–H and O–H groups in total. The lowest BCUT2D eigenvalue weighted by Crippen LogP contribution is -1.99. The summed E-state index contributed by atoms with van der Waals surface area (Å²) in [5.74, 6) is 0.799. The van der Waals surface area contributed by atoms with Gasteiger partial charge in [0.2, 0.25) is 5.89 Å². The lowest BCUT2D eigenvalue weighted by molar-refractivity contribution is -0.107. The second-order valence-electron chi connectivity index (χ2n) is 5.84. The van der Waals surface area contributed by atoms with Crippen molar-refractivity contribution in [1.82, 2.24) is 20.2 Å². The van der Waals surface area contributed by atoms with Gasteiger partial charge in [0.1, 0.15) is 6.29 Å².